The van der Waals surface area contributed by atoms with Crippen LogP contribution >= 0.6 is 33.9 Å². The fraction of sp³-hybridized carbons (Fsp3) is 0.444. The maximum Gasteiger partial charge on any atom is 0.280 e. The van der Waals surface area contributed by atoms with Crippen LogP contribution in [0.4, 0.5) is 0 Å². The van der Waals surface area contributed by atoms with Gasteiger partial charge >= 0.3 is 0 Å². The molecule has 0 aromatic carbocycles. The molecule has 8 heteroatoms. The highest BCUT2D eigenvalue weighted by Gasteiger charge is 2.17. The molecule has 0 radical (unpaired) electrons. The molecule has 0 bridgehead atoms. The summed E-state index contributed by atoms with van der Waals surface area (Å²) in [6.45, 7) is 2.24. The minimum absolute atomic E-state index is 0.165. The second-order valence-electron chi connectivity index (χ2n) is 3.37. The first kappa shape index (κ1) is 14.8. The summed E-state index contributed by atoms with van der Waals surface area (Å²) in [6, 6.07) is 0. The van der Waals surface area contributed by atoms with Crippen LogP contribution in [0.1, 0.15) is 19.2 Å². The summed E-state index contributed by atoms with van der Waals surface area (Å²) in [4.78, 5) is 3.97. The number of halogens is 3. The lowest BCUT2D eigenvalue weighted by Crippen LogP contribution is -2.02. The molecule has 0 aliphatic rings. The Balaban J connectivity index is 3.14. The lowest BCUT2D eigenvalue weighted by Gasteiger charge is -2.04. The van der Waals surface area contributed by atoms with Crippen molar-refractivity contribution in [1.82, 2.24) is 9.55 Å². The molecule has 4 nitrogen and oxygen atoms in total. The summed E-state index contributed by atoms with van der Waals surface area (Å²) in [7, 11) is 1.42. The first-order valence-electron chi connectivity index (χ1n) is 4.84. The van der Waals surface area contributed by atoms with Gasteiger partial charge in [-0.2, -0.15) is 0 Å². The van der Waals surface area contributed by atoms with E-state index in [1.54, 1.807) is 4.57 Å². The maximum atomic E-state index is 11.2. The van der Waals surface area contributed by atoms with Crippen LogP contribution in [-0.4, -0.2) is 18.0 Å². The highest BCUT2D eigenvalue weighted by molar-refractivity contribution is 8.13. The Labute approximate surface area is 115 Å². The summed E-state index contributed by atoms with van der Waals surface area (Å²) < 4.78 is 24.0. The quantitative estimate of drug-likeness (QED) is 0.784. The molecule has 17 heavy (non-hydrogen) atoms. The van der Waals surface area contributed by atoms with E-state index >= 15 is 0 Å². The second-order valence-corrected chi connectivity index (χ2v) is 6.58. The molecule has 1 aromatic rings. The molecular formula is C9H11Cl3N2O2S. The van der Waals surface area contributed by atoms with E-state index in [9.17, 15) is 8.42 Å². The van der Waals surface area contributed by atoms with E-state index in [1.165, 1.54) is 11.7 Å². The van der Waals surface area contributed by atoms with Crippen molar-refractivity contribution in [2.24, 2.45) is 0 Å². The summed E-state index contributed by atoms with van der Waals surface area (Å²) >= 11 is 11.2. The normalized spacial score (nSPS) is 13.1. The van der Waals surface area contributed by atoms with Crippen molar-refractivity contribution in [1.29, 1.82) is 0 Å². The van der Waals surface area contributed by atoms with Crippen molar-refractivity contribution < 1.29 is 8.42 Å². The first-order chi connectivity index (χ1) is 7.88. The van der Waals surface area contributed by atoms with Crippen molar-refractivity contribution in [2.45, 2.75) is 31.3 Å². The number of hydrogen-bond acceptors (Lipinski definition) is 3. The largest absolute Gasteiger partial charge is 0.328 e. The molecule has 1 heterocycles. The molecule has 0 aliphatic heterocycles. The van der Waals surface area contributed by atoms with Crippen LogP contribution in [0.15, 0.2) is 21.8 Å². The van der Waals surface area contributed by atoms with Crippen LogP contribution in [0, 0.1) is 0 Å². The van der Waals surface area contributed by atoms with Crippen LogP contribution in [0.5, 0.6) is 0 Å². The smallest absolute Gasteiger partial charge is 0.280 e. The standard InChI is InChI=1S/C9H11Cl3N2O2S/c1-2-3-8-13-9(17(12,15)16)6-14(8)5-7(11)4-10/h4,6H,2-3,5H2,1H3. The average Bonchev–Trinajstić information content (AvgIpc) is 2.62. The van der Waals surface area contributed by atoms with E-state index in [-0.39, 0.29) is 11.6 Å². The molecule has 96 valence electrons. The van der Waals surface area contributed by atoms with E-state index in [1.807, 2.05) is 6.92 Å². The second kappa shape index (κ2) is 6.09. The molecule has 1 rings (SSSR count). The molecule has 1 aromatic heterocycles. The van der Waals surface area contributed by atoms with Gasteiger partial charge in [0.15, 0.2) is 5.03 Å². The van der Waals surface area contributed by atoms with E-state index in [0.717, 1.165) is 6.42 Å². The zero-order valence-corrected chi connectivity index (χ0v) is 12.1. The third-order valence-corrected chi connectivity index (χ3v) is 3.77. The van der Waals surface area contributed by atoms with Gasteiger partial charge in [-0.25, -0.2) is 13.4 Å². The van der Waals surface area contributed by atoms with Crippen LogP contribution < -0.4 is 0 Å². The Kier molecular flexibility index (Phi) is 5.31. The molecule has 0 aliphatic carbocycles. The molecule has 0 N–H and O–H groups in total. The summed E-state index contributed by atoms with van der Waals surface area (Å²) in [5.74, 6) is 0.614. The number of nitrogens with zero attached hydrogens (tertiary/aromatic N) is 2. The summed E-state index contributed by atoms with van der Waals surface area (Å²) in [6.07, 6.45) is 2.83. The SMILES string of the molecule is CCCc1nc(S(=O)(=O)Cl)cn1CC(Cl)=CCl. The van der Waals surface area contributed by atoms with Gasteiger partial charge in [-0.1, -0.05) is 30.1 Å². The molecule has 0 amide bonds. The number of hydrogen-bond donors (Lipinski definition) is 0. The summed E-state index contributed by atoms with van der Waals surface area (Å²) in [5.41, 5.74) is 1.23. The molecular weight excluding hydrogens is 307 g/mol. The molecule has 0 saturated carbocycles. The number of rotatable bonds is 5. The molecule has 0 unspecified atom stereocenters. The maximum absolute atomic E-state index is 11.2. The van der Waals surface area contributed by atoms with E-state index in [4.69, 9.17) is 33.9 Å². The van der Waals surface area contributed by atoms with E-state index in [2.05, 4.69) is 4.98 Å². The predicted molar refractivity (Wildman–Crippen MR) is 69.0 cm³/mol. The van der Waals surface area contributed by atoms with Crippen LogP contribution in [0.25, 0.3) is 0 Å². The van der Waals surface area contributed by atoms with Gasteiger partial charge in [0, 0.05) is 33.9 Å². The Hall–Kier alpha value is -0.230. The minimum Gasteiger partial charge on any atom is -0.328 e. The molecule has 0 fully saturated rings. The van der Waals surface area contributed by atoms with Crippen molar-refractivity contribution in [3.8, 4) is 0 Å². The van der Waals surface area contributed by atoms with Gasteiger partial charge in [-0.05, 0) is 6.42 Å². The van der Waals surface area contributed by atoms with Crippen LogP contribution in [-0.2, 0) is 22.0 Å². The number of allylic oxidation sites excluding steroid dienone is 1. The monoisotopic (exact) mass is 316 g/mol. The fourth-order valence-corrected chi connectivity index (χ4v) is 2.19. The average molecular weight is 318 g/mol. The van der Waals surface area contributed by atoms with Gasteiger partial charge < -0.3 is 4.57 Å². The topological polar surface area (TPSA) is 52.0 Å². The van der Waals surface area contributed by atoms with Gasteiger partial charge in [-0.3, -0.25) is 0 Å². The Morgan fingerprint density at radius 2 is 2.24 bits per heavy atom. The van der Waals surface area contributed by atoms with Gasteiger partial charge in [0.1, 0.15) is 5.82 Å². The molecule has 0 saturated heterocycles. The van der Waals surface area contributed by atoms with Gasteiger partial charge in [0.05, 0.1) is 6.54 Å². The van der Waals surface area contributed by atoms with Crippen LogP contribution in [0.3, 0.4) is 0 Å². The minimum atomic E-state index is -3.82. The van der Waals surface area contributed by atoms with Crippen molar-refractivity contribution in [3.63, 3.8) is 0 Å². The fourth-order valence-electron chi connectivity index (χ4n) is 1.30. The van der Waals surface area contributed by atoms with Gasteiger partial charge in [0.25, 0.3) is 9.05 Å². The predicted octanol–water partition coefficient (Wildman–Crippen LogP) is 3.08. The lowest BCUT2D eigenvalue weighted by atomic mass is 10.3. The van der Waals surface area contributed by atoms with Crippen molar-refractivity contribution >= 4 is 42.9 Å². The van der Waals surface area contributed by atoms with Crippen molar-refractivity contribution in [2.75, 3.05) is 0 Å². The summed E-state index contributed by atoms with van der Waals surface area (Å²) in [5, 5.41) is 0.224. The number of aryl methyl sites for hydroxylation is 1. The Morgan fingerprint density at radius 1 is 1.59 bits per heavy atom. The highest BCUT2D eigenvalue weighted by Crippen LogP contribution is 2.18. The third-order valence-electron chi connectivity index (χ3n) is 2.00. The lowest BCUT2D eigenvalue weighted by molar-refractivity contribution is 0.606. The highest BCUT2D eigenvalue weighted by atomic mass is 35.7. The Morgan fingerprint density at radius 3 is 2.71 bits per heavy atom. The molecule has 0 atom stereocenters. The number of imidazole rings is 1. The molecule has 0 spiro atoms. The zero-order chi connectivity index (χ0) is 13.1. The zero-order valence-electron chi connectivity index (χ0n) is 9.03. The van der Waals surface area contributed by atoms with Gasteiger partial charge in [-0.15, -0.1) is 0 Å². The van der Waals surface area contributed by atoms with Crippen molar-refractivity contribution in [3.05, 3.63) is 22.6 Å². The third kappa shape index (κ3) is 4.17. The van der Waals surface area contributed by atoms with E-state index in [0.29, 0.717) is 17.3 Å². The van der Waals surface area contributed by atoms with E-state index < -0.39 is 9.05 Å². The number of aromatic nitrogens is 2. The van der Waals surface area contributed by atoms with Gasteiger partial charge in [0.2, 0.25) is 0 Å². The first-order valence-corrected chi connectivity index (χ1v) is 7.96. The van der Waals surface area contributed by atoms with Crippen LogP contribution in [0.2, 0.25) is 0 Å². The Bertz CT molecular complexity index is 522.